The molecule has 0 unspecified atom stereocenters. The van der Waals surface area contributed by atoms with E-state index in [1.54, 1.807) is 0 Å². The quantitative estimate of drug-likeness (QED) is 0.845. The van der Waals surface area contributed by atoms with Gasteiger partial charge in [0, 0.05) is 19.5 Å². The Morgan fingerprint density at radius 2 is 2.14 bits per heavy atom. The number of aliphatic hydroxyl groups excluding tert-OH is 2. The molecule has 3 rings (SSSR count). The van der Waals surface area contributed by atoms with E-state index in [2.05, 4.69) is 29.1 Å². The van der Waals surface area contributed by atoms with Crippen LogP contribution in [0.5, 0.6) is 0 Å². The zero-order chi connectivity index (χ0) is 15.5. The van der Waals surface area contributed by atoms with Gasteiger partial charge in [-0.25, -0.2) is 0 Å². The zero-order valence-corrected chi connectivity index (χ0v) is 12.9. The highest BCUT2D eigenvalue weighted by Crippen LogP contribution is 2.20. The maximum atomic E-state index is 9.68. The van der Waals surface area contributed by atoms with Gasteiger partial charge in [-0.05, 0) is 24.6 Å². The average molecular weight is 305 g/mol. The summed E-state index contributed by atoms with van der Waals surface area (Å²) in [6.07, 6.45) is 1.18. The molecule has 0 aromatic carbocycles. The number of aryl methyl sites for hydroxylation is 1. The second-order valence-corrected chi connectivity index (χ2v) is 5.81. The van der Waals surface area contributed by atoms with Gasteiger partial charge in [0.2, 0.25) is 0 Å². The third-order valence-electron chi connectivity index (χ3n) is 4.00. The summed E-state index contributed by atoms with van der Waals surface area (Å²) in [6, 6.07) is 5.98. The van der Waals surface area contributed by atoms with Gasteiger partial charge < -0.3 is 14.6 Å². The summed E-state index contributed by atoms with van der Waals surface area (Å²) in [7, 11) is 0. The maximum Gasteiger partial charge on any atom is 0.121 e. The van der Waals surface area contributed by atoms with E-state index >= 15 is 0 Å². The molecule has 0 bridgehead atoms. The van der Waals surface area contributed by atoms with Crippen molar-refractivity contribution >= 4 is 0 Å². The summed E-state index contributed by atoms with van der Waals surface area (Å²) < 4.78 is 7.75. The molecule has 0 saturated carbocycles. The fourth-order valence-electron chi connectivity index (χ4n) is 2.84. The van der Waals surface area contributed by atoms with Crippen LogP contribution in [0.15, 0.2) is 22.6 Å². The predicted molar refractivity (Wildman–Crippen MR) is 81.1 cm³/mol. The van der Waals surface area contributed by atoms with Gasteiger partial charge in [0.05, 0.1) is 31.1 Å². The summed E-state index contributed by atoms with van der Waals surface area (Å²) in [5.74, 6) is 2.04. The van der Waals surface area contributed by atoms with E-state index in [9.17, 15) is 5.11 Å². The van der Waals surface area contributed by atoms with E-state index in [0.717, 1.165) is 56.2 Å². The molecule has 0 aliphatic carbocycles. The van der Waals surface area contributed by atoms with Gasteiger partial charge in [0.15, 0.2) is 0 Å². The molecule has 3 heterocycles. The molecule has 0 spiro atoms. The molecule has 6 heteroatoms. The van der Waals surface area contributed by atoms with Crippen LogP contribution < -0.4 is 0 Å². The van der Waals surface area contributed by atoms with Crippen molar-refractivity contribution in [1.29, 1.82) is 0 Å². The van der Waals surface area contributed by atoms with Gasteiger partial charge in [-0.3, -0.25) is 9.58 Å². The first-order chi connectivity index (χ1) is 10.7. The smallest absolute Gasteiger partial charge is 0.121 e. The monoisotopic (exact) mass is 305 g/mol. The highest BCUT2D eigenvalue weighted by Gasteiger charge is 2.21. The zero-order valence-electron chi connectivity index (χ0n) is 12.9. The molecule has 6 nitrogen and oxygen atoms in total. The van der Waals surface area contributed by atoms with Crippen LogP contribution >= 0.6 is 0 Å². The standard InChI is InChI=1S/C16H23N3O3/c1-2-3-13-4-5-14(22-13)10-18-6-7-19-12(9-18)8-15(17-19)16(21)11-20/h4-5,8,16,20-21H,2-3,6-7,9-11H2,1H3/t16-/m0/s1. The van der Waals surface area contributed by atoms with Crippen LogP contribution in [-0.4, -0.2) is 38.0 Å². The van der Waals surface area contributed by atoms with Crippen molar-refractivity contribution in [3.63, 3.8) is 0 Å². The lowest BCUT2D eigenvalue weighted by Crippen LogP contribution is -2.33. The molecule has 2 N–H and O–H groups in total. The lowest BCUT2D eigenvalue weighted by Gasteiger charge is -2.26. The van der Waals surface area contributed by atoms with Crippen molar-refractivity contribution < 1.29 is 14.6 Å². The second kappa shape index (κ2) is 6.64. The van der Waals surface area contributed by atoms with Crippen molar-refractivity contribution in [3.05, 3.63) is 41.1 Å². The Kier molecular flexibility index (Phi) is 4.61. The predicted octanol–water partition coefficient (Wildman–Crippen LogP) is 1.47. The topological polar surface area (TPSA) is 74.7 Å². The third-order valence-corrected chi connectivity index (χ3v) is 4.00. The summed E-state index contributed by atoms with van der Waals surface area (Å²) in [6.45, 7) is 5.09. The van der Waals surface area contributed by atoms with Gasteiger partial charge in [-0.1, -0.05) is 6.92 Å². The molecule has 1 aliphatic heterocycles. The van der Waals surface area contributed by atoms with E-state index in [1.165, 1.54) is 0 Å². The molecule has 1 atom stereocenters. The maximum absolute atomic E-state index is 9.68. The molecular weight excluding hydrogens is 282 g/mol. The molecule has 0 saturated heterocycles. The summed E-state index contributed by atoms with van der Waals surface area (Å²) >= 11 is 0. The molecular formula is C16H23N3O3. The van der Waals surface area contributed by atoms with Crippen molar-refractivity contribution in [2.75, 3.05) is 13.2 Å². The fourth-order valence-corrected chi connectivity index (χ4v) is 2.84. The minimum Gasteiger partial charge on any atom is -0.465 e. The van der Waals surface area contributed by atoms with E-state index in [0.29, 0.717) is 5.69 Å². The number of hydrogen-bond acceptors (Lipinski definition) is 5. The van der Waals surface area contributed by atoms with Crippen LogP contribution in [0.1, 0.15) is 42.4 Å². The lowest BCUT2D eigenvalue weighted by molar-refractivity contribution is 0.0915. The van der Waals surface area contributed by atoms with Gasteiger partial charge in [0.25, 0.3) is 0 Å². The van der Waals surface area contributed by atoms with E-state index < -0.39 is 6.10 Å². The number of rotatable bonds is 6. The number of furan rings is 1. The molecule has 0 radical (unpaired) electrons. The molecule has 2 aromatic rings. The average Bonchev–Trinajstić information content (AvgIpc) is 3.13. The van der Waals surface area contributed by atoms with Crippen LogP contribution in [-0.2, 0) is 26.1 Å². The highest BCUT2D eigenvalue weighted by molar-refractivity contribution is 5.15. The van der Waals surface area contributed by atoms with Crippen LogP contribution in [0, 0.1) is 0 Å². The molecule has 1 aliphatic rings. The Morgan fingerprint density at radius 1 is 1.32 bits per heavy atom. The van der Waals surface area contributed by atoms with Crippen molar-refractivity contribution in [2.24, 2.45) is 0 Å². The number of nitrogens with zero attached hydrogens (tertiary/aromatic N) is 3. The van der Waals surface area contributed by atoms with Crippen molar-refractivity contribution in [3.8, 4) is 0 Å². The van der Waals surface area contributed by atoms with Gasteiger partial charge in [0.1, 0.15) is 17.6 Å². The first-order valence-corrected chi connectivity index (χ1v) is 7.85. The minimum atomic E-state index is -0.895. The van der Waals surface area contributed by atoms with E-state index in [4.69, 9.17) is 9.52 Å². The lowest BCUT2D eigenvalue weighted by atomic mass is 10.2. The van der Waals surface area contributed by atoms with Crippen molar-refractivity contribution in [2.45, 2.75) is 45.5 Å². The Bertz CT molecular complexity index is 620. The minimum absolute atomic E-state index is 0.299. The molecule has 120 valence electrons. The summed E-state index contributed by atoms with van der Waals surface area (Å²) in [4.78, 5) is 2.31. The van der Waals surface area contributed by atoms with Crippen LogP contribution in [0.25, 0.3) is 0 Å². The largest absolute Gasteiger partial charge is 0.465 e. The summed E-state index contributed by atoms with van der Waals surface area (Å²) in [5, 5.41) is 23.0. The Balaban J connectivity index is 1.64. The van der Waals surface area contributed by atoms with E-state index in [1.807, 2.05) is 10.7 Å². The Morgan fingerprint density at radius 3 is 2.91 bits per heavy atom. The number of hydrogen-bond donors (Lipinski definition) is 2. The van der Waals surface area contributed by atoms with E-state index in [-0.39, 0.29) is 6.61 Å². The van der Waals surface area contributed by atoms with Gasteiger partial charge in [-0.2, -0.15) is 5.10 Å². The molecule has 22 heavy (non-hydrogen) atoms. The third kappa shape index (κ3) is 3.24. The Labute approximate surface area is 130 Å². The molecule has 0 fully saturated rings. The second-order valence-electron chi connectivity index (χ2n) is 5.81. The number of aliphatic hydroxyl groups is 2. The molecule has 0 amide bonds. The molecule has 2 aromatic heterocycles. The SMILES string of the molecule is CCCc1ccc(CN2CCn3nc([C@@H](O)CO)cc3C2)o1. The first-order valence-electron chi connectivity index (χ1n) is 7.85. The normalized spacial score (nSPS) is 16.7. The first kappa shape index (κ1) is 15.3. The van der Waals surface area contributed by atoms with Gasteiger partial charge >= 0.3 is 0 Å². The van der Waals surface area contributed by atoms with Crippen LogP contribution in [0.3, 0.4) is 0 Å². The van der Waals surface area contributed by atoms with Gasteiger partial charge in [-0.15, -0.1) is 0 Å². The number of fused-ring (bicyclic) bond motifs is 1. The van der Waals surface area contributed by atoms with Crippen molar-refractivity contribution in [1.82, 2.24) is 14.7 Å². The Hall–Kier alpha value is -1.63. The highest BCUT2D eigenvalue weighted by atomic mass is 16.3. The number of aromatic nitrogens is 2. The summed E-state index contributed by atoms with van der Waals surface area (Å²) in [5.41, 5.74) is 1.61. The van der Waals surface area contributed by atoms with Crippen LogP contribution in [0.4, 0.5) is 0 Å². The van der Waals surface area contributed by atoms with Crippen LogP contribution in [0.2, 0.25) is 0 Å². The fraction of sp³-hybridized carbons (Fsp3) is 0.562.